The van der Waals surface area contributed by atoms with Crippen molar-refractivity contribution >= 4 is 23.3 Å². The first kappa shape index (κ1) is 16.4. The third-order valence-electron chi connectivity index (χ3n) is 2.78. The summed E-state index contributed by atoms with van der Waals surface area (Å²) in [6.07, 6.45) is -0.975. The predicted octanol–water partition coefficient (Wildman–Crippen LogP) is 1.27. The number of carbonyl (C=O) groups excluding carboxylic acids is 2. The molecule has 0 saturated carbocycles. The molecule has 0 aliphatic rings. The minimum absolute atomic E-state index is 0.00473. The van der Waals surface area contributed by atoms with Crippen LogP contribution < -0.4 is 5.32 Å². The fourth-order valence-corrected chi connectivity index (χ4v) is 1.67. The number of nitrogens with one attached hydrogen (secondary N) is 1. The molecule has 1 rings (SSSR count). The summed E-state index contributed by atoms with van der Waals surface area (Å²) in [6.45, 7) is 1.44. The smallest absolute Gasteiger partial charge is 0.341 e. The number of nitro groups is 1. The van der Waals surface area contributed by atoms with Gasteiger partial charge in [0, 0.05) is 39.0 Å². The zero-order valence-corrected chi connectivity index (χ0v) is 12.2. The molecule has 0 spiro atoms. The Kier molecular flexibility index (Phi) is 5.23. The Hall–Kier alpha value is -2.64. The monoisotopic (exact) mass is 295 g/mol. The Morgan fingerprint density at radius 2 is 2.00 bits per heavy atom. The zero-order valence-electron chi connectivity index (χ0n) is 12.2. The van der Waals surface area contributed by atoms with Crippen LogP contribution in [0.1, 0.15) is 17.3 Å². The van der Waals surface area contributed by atoms with E-state index in [-0.39, 0.29) is 17.2 Å². The molecule has 114 valence electrons. The number of non-ortho nitro benzene ring substituents is 1. The van der Waals surface area contributed by atoms with Crippen molar-refractivity contribution in [1.82, 2.24) is 4.90 Å². The van der Waals surface area contributed by atoms with Crippen molar-refractivity contribution in [2.24, 2.45) is 0 Å². The first-order valence-corrected chi connectivity index (χ1v) is 6.16. The Morgan fingerprint density at radius 3 is 2.48 bits per heavy atom. The Labute approximate surface area is 121 Å². The molecular weight excluding hydrogens is 278 g/mol. The van der Waals surface area contributed by atoms with Crippen LogP contribution in [0.15, 0.2) is 18.2 Å². The summed E-state index contributed by atoms with van der Waals surface area (Å²) in [7, 11) is 4.66. The molecule has 0 heterocycles. The molecule has 1 N–H and O–H groups in total. The number of likely N-dealkylation sites (N-methyl/N-ethyl adjacent to an activating group) is 1. The lowest BCUT2D eigenvalue weighted by Crippen LogP contribution is -2.35. The minimum atomic E-state index is -0.975. The van der Waals surface area contributed by atoms with Gasteiger partial charge in [-0.05, 0) is 13.0 Å². The minimum Gasteiger partial charge on any atom is -0.449 e. The molecule has 21 heavy (non-hydrogen) atoms. The lowest BCUT2D eigenvalue weighted by Gasteiger charge is -2.18. The van der Waals surface area contributed by atoms with Gasteiger partial charge in [-0.25, -0.2) is 4.79 Å². The van der Waals surface area contributed by atoms with E-state index < -0.39 is 17.0 Å². The van der Waals surface area contributed by atoms with Gasteiger partial charge in [0.05, 0.1) is 10.5 Å². The van der Waals surface area contributed by atoms with E-state index in [0.717, 1.165) is 6.07 Å². The molecule has 1 atom stereocenters. The quantitative estimate of drug-likeness (QED) is 0.498. The molecular formula is C13H17N3O5. The molecule has 0 saturated heterocycles. The van der Waals surface area contributed by atoms with Crippen molar-refractivity contribution in [2.45, 2.75) is 13.0 Å². The number of nitro benzene ring substituents is 1. The number of ether oxygens (including phenoxy) is 1. The SMILES string of the molecule is CNc1ccc([N+](=O)[O-])cc1C(=O)O[C@@H](C)C(=O)N(C)C. The normalized spacial score (nSPS) is 11.4. The van der Waals surface area contributed by atoms with Crippen molar-refractivity contribution < 1.29 is 19.2 Å². The Bertz CT molecular complexity index is 571. The van der Waals surface area contributed by atoms with Crippen LogP contribution in [0, 0.1) is 10.1 Å². The van der Waals surface area contributed by atoms with Crippen LogP contribution in [0.3, 0.4) is 0 Å². The maximum atomic E-state index is 12.1. The highest BCUT2D eigenvalue weighted by Crippen LogP contribution is 2.23. The number of benzene rings is 1. The number of hydrogen-bond donors (Lipinski definition) is 1. The molecule has 1 aromatic carbocycles. The van der Waals surface area contributed by atoms with Crippen LogP contribution >= 0.6 is 0 Å². The van der Waals surface area contributed by atoms with Crippen LogP contribution in [0.2, 0.25) is 0 Å². The maximum Gasteiger partial charge on any atom is 0.341 e. The molecule has 0 fully saturated rings. The molecule has 0 aliphatic heterocycles. The second-order valence-corrected chi connectivity index (χ2v) is 4.52. The van der Waals surface area contributed by atoms with E-state index in [0.29, 0.717) is 5.69 Å². The number of anilines is 1. The van der Waals surface area contributed by atoms with Crippen LogP contribution in [0.4, 0.5) is 11.4 Å². The average Bonchev–Trinajstić information content (AvgIpc) is 2.45. The Morgan fingerprint density at radius 1 is 1.38 bits per heavy atom. The second-order valence-electron chi connectivity index (χ2n) is 4.52. The van der Waals surface area contributed by atoms with Gasteiger partial charge in [-0.3, -0.25) is 14.9 Å². The summed E-state index contributed by atoms with van der Waals surface area (Å²) in [4.78, 5) is 35.2. The maximum absolute atomic E-state index is 12.1. The fraction of sp³-hybridized carbons (Fsp3) is 0.385. The number of hydrogen-bond acceptors (Lipinski definition) is 6. The van der Waals surface area contributed by atoms with Crippen molar-refractivity contribution in [3.8, 4) is 0 Å². The van der Waals surface area contributed by atoms with Crippen molar-refractivity contribution in [3.05, 3.63) is 33.9 Å². The van der Waals surface area contributed by atoms with Gasteiger partial charge in [-0.2, -0.15) is 0 Å². The van der Waals surface area contributed by atoms with Crippen molar-refractivity contribution in [3.63, 3.8) is 0 Å². The van der Waals surface area contributed by atoms with E-state index in [9.17, 15) is 19.7 Å². The van der Waals surface area contributed by atoms with Gasteiger partial charge in [0.25, 0.3) is 11.6 Å². The van der Waals surface area contributed by atoms with Crippen molar-refractivity contribution in [2.75, 3.05) is 26.5 Å². The van der Waals surface area contributed by atoms with E-state index in [1.165, 1.54) is 24.0 Å². The highest BCUT2D eigenvalue weighted by molar-refractivity contribution is 5.97. The van der Waals surface area contributed by atoms with Gasteiger partial charge in [0.15, 0.2) is 6.10 Å². The number of esters is 1. The van der Waals surface area contributed by atoms with Gasteiger partial charge in [0.2, 0.25) is 0 Å². The highest BCUT2D eigenvalue weighted by atomic mass is 16.6. The van der Waals surface area contributed by atoms with Crippen molar-refractivity contribution in [1.29, 1.82) is 0 Å². The number of nitrogens with zero attached hydrogens (tertiary/aromatic N) is 2. The summed E-state index contributed by atoms with van der Waals surface area (Å²) in [5, 5.41) is 13.5. The van der Waals surface area contributed by atoms with Gasteiger partial charge in [-0.15, -0.1) is 0 Å². The Balaban J connectivity index is 3.03. The van der Waals surface area contributed by atoms with Gasteiger partial charge in [-0.1, -0.05) is 0 Å². The van der Waals surface area contributed by atoms with E-state index in [2.05, 4.69) is 5.32 Å². The number of amides is 1. The molecule has 0 unspecified atom stereocenters. The lowest BCUT2D eigenvalue weighted by molar-refractivity contribution is -0.384. The van der Waals surface area contributed by atoms with Crippen LogP contribution in [-0.4, -0.2) is 48.9 Å². The standard InChI is InChI=1S/C13H17N3O5/c1-8(12(17)15(3)4)21-13(18)10-7-9(16(19)20)5-6-11(10)14-2/h5-8,14H,1-4H3/t8-/m0/s1. The third-order valence-corrected chi connectivity index (χ3v) is 2.78. The molecule has 0 aliphatic carbocycles. The summed E-state index contributed by atoms with van der Waals surface area (Å²) >= 11 is 0. The third kappa shape index (κ3) is 3.91. The summed E-state index contributed by atoms with van der Waals surface area (Å²) in [5.41, 5.74) is 0.160. The molecule has 1 aromatic rings. The first-order valence-electron chi connectivity index (χ1n) is 6.16. The summed E-state index contributed by atoms with van der Waals surface area (Å²) < 4.78 is 5.04. The molecule has 0 bridgehead atoms. The molecule has 0 aromatic heterocycles. The van der Waals surface area contributed by atoms with Gasteiger partial charge >= 0.3 is 5.97 Å². The van der Waals surface area contributed by atoms with E-state index in [4.69, 9.17) is 4.74 Å². The fourth-order valence-electron chi connectivity index (χ4n) is 1.67. The van der Waals surface area contributed by atoms with Crippen LogP contribution in [0.25, 0.3) is 0 Å². The van der Waals surface area contributed by atoms with Gasteiger partial charge in [0.1, 0.15) is 0 Å². The van der Waals surface area contributed by atoms with Crippen LogP contribution in [-0.2, 0) is 9.53 Å². The second kappa shape index (κ2) is 6.69. The van der Waals surface area contributed by atoms with Gasteiger partial charge < -0.3 is 15.0 Å². The highest BCUT2D eigenvalue weighted by Gasteiger charge is 2.23. The topological polar surface area (TPSA) is 102 Å². The first-order chi connectivity index (χ1) is 9.77. The summed E-state index contributed by atoms with van der Waals surface area (Å²) in [5.74, 6) is -1.18. The van der Waals surface area contributed by atoms with Crippen LogP contribution in [0.5, 0.6) is 0 Å². The molecule has 8 nitrogen and oxygen atoms in total. The largest absolute Gasteiger partial charge is 0.449 e. The number of rotatable bonds is 5. The number of carbonyl (C=O) groups is 2. The molecule has 0 radical (unpaired) electrons. The van der Waals surface area contributed by atoms with E-state index >= 15 is 0 Å². The zero-order chi connectivity index (χ0) is 16.2. The summed E-state index contributed by atoms with van der Waals surface area (Å²) in [6, 6.07) is 3.80. The van der Waals surface area contributed by atoms with E-state index in [1.807, 2.05) is 0 Å². The molecule has 8 heteroatoms. The van der Waals surface area contributed by atoms with E-state index in [1.54, 1.807) is 21.1 Å². The predicted molar refractivity (Wildman–Crippen MR) is 76.2 cm³/mol. The molecule has 1 amide bonds. The average molecular weight is 295 g/mol. The lowest BCUT2D eigenvalue weighted by atomic mass is 10.1.